The first kappa shape index (κ1) is 22.8. The van der Waals surface area contributed by atoms with Crippen LogP contribution in [0.4, 0.5) is 10.5 Å². The molecule has 0 radical (unpaired) electrons. The number of hydrogen-bond acceptors (Lipinski definition) is 5. The minimum Gasteiger partial charge on any atom is -0.342 e. The fourth-order valence-corrected chi connectivity index (χ4v) is 5.81. The Balaban J connectivity index is 1.33. The quantitative estimate of drug-likeness (QED) is 0.717. The van der Waals surface area contributed by atoms with Gasteiger partial charge in [-0.2, -0.15) is 0 Å². The monoisotopic (exact) mass is 476 g/mol. The summed E-state index contributed by atoms with van der Waals surface area (Å²) < 4.78 is 25.9. The van der Waals surface area contributed by atoms with Crippen LogP contribution in [-0.4, -0.2) is 69.3 Å². The molecule has 3 amide bonds. The number of anilines is 1. The molecule has 4 rings (SSSR count). The van der Waals surface area contributed by atoms with Crippen LogP contribution in [0.2, 0.25) is 0 Å². The average Bonchev–Trinajstić information content (AvgIpc) is 3.43. The van der Waals surface area contributed by atoms with Gasteiger partial charge in [0.05, 0.1) is 11.3 Å². The number of thiophene rings is 1. The van der Waals surface area contributed by atoms with E-state index < -0.39 is 10.0 Å². The van der Waals surface area contributed by atoms with Crippen molar-refractivity contribution in [2.75, 3.05) is 38.6 Å². The molecule has 0 bridgehead atoms. The van der Waals surface area contributed by atoms with Crippen LogP contribution >= 0.6 is 11.3 Å². The second kappa shape index (κ2) is 9.21. The molecule has 0 spiro atoms. The maximum atomic E-state index is 12.9. The minimum atomic E-state index is -3.51. The van der Waals surface area contributed by atoms with Crippen molar-refractivity contribution in [2.24, 2.45) is 0 Å². The number of carbonyl (C=O) groups excluding carboxylic acids is 2. The van der Waals surface area contributed by atoms with Crippen LogP contribution in [0.1, 0.15) is 23.3 Å². The van der Waals surface area contributed by atoms with E-state index in [-0.39, 0.29) is 22.9 Å². The molecule has 0 saturated carbocycles. The highest BCUT2D eigenvalue weighted by Crippen LogP contribution is 2.31. The Morgan fingerprint density at radius 3 is 2.56 bits per heavy atom. The molecule has 1 N–H and O–H groups in total. The molecule has 172 valence electrons. The summed E-state index contributed by atoms with van der Waals surface area (Å²) in [7, 11) is -0.499. The molecular formula is C22H28N4O4S2. The highest BCUT2D eigenvalue weighted by molar-refractivity contribution is 7.89. The summed E-state index contributed by atoms with van der Waals surface area (Å²) in [6.07, 6.45) is 2.51. The molecule has 0 aliphatic carbocycles. The van der Waals surface area contributed by atoms with E-state index in [1.807, 2.05) is 22.4 Å². The first-order valence-corrected chi connectivity index (χ1v) is 13.0. The number of rotatable bonds is 5. The van der Waals surface area contributed by atoms with Crippen LogP contribution < -0.4 is 10.2 Å². The van der Waals surface area contributed by atoms with Gasteiger partial charge in [-0.05, 0) is 54.5 Å². The van der Waals surface area contributed by atoms with Gasteiger partial charge in [0.2, 0.25) is 15.9 Å². The third-order valence-electron chi connectivity index (χ3n) is 6.05. The Morgan fingerprint density at radius 1 is 1.16 bits per heavy atom. The van der Waals surface area contributed by atoms with Crippen molar-refractivity contribution in [3.8, 4) is 0 Å². The topological polar surface area (TPSA) is 90.0 Å². The number of amides is 3. The number of benzene rings is 1. The van der Waals surface area contributed by atoms with E-state index >= 15 is 0 Å². The second-order valence-electron chi connectivity index (χ2n) is 8.34. The van der Waals surface area contributed by atoms with Crippen molar-refractivity contribution in [2.45, 2.75) is 36.6 Å². The largest absolute Gasteiger partial charge is 0.342 e. The summed E-state index contributed by atoms with van der Waals surface area (Å²) >= 11 is 1.59. The maximum Gasteiger partial charge on any atom is 0.322 e. The van der Waals surface area contributed by atoms with Gasteiger partial charge < -0.3 is 10.2 Å². The first-order chi connectivity index (χ1) is 15.3. The molecule has 1 saturated heterocycles. The second-order valence-corrected chi connectivity index (χ2v) is 11.5. The highest BCUT2D eigenvalue weighted by atomic mass is 32.2. The van der Waals surface area contributed by atoms with E-state index in [0.717, 1.165) is 29.0 Å². The molecule has 0 atom stereocenters. The van der Waals surface area contributed by atoms with Gasteiger partial charge in [-0.25, -0.2) is 17.5 Å². The van der Waals surface area contributed by atoms with Gasteiger partial charge in [-0.15, -0.1) is 11.3 Å². The SMILES string of the molecule is CN(C)S(=O)(=O)c1ccc2c(c1)CCN2C(=O)NC1CCN(C(=O)Cc2cccs2)CC1. The van der Waals surface area contributed by atoms with Gasteiger partial charge in [0, 0.05) is 50.3 Å². The van der Waals surface area contributed by atoms with Gasteiger partial charge in [-0.1, -0.05) is 6.07 Å². The summed E-state index contributed by atoms with van der Waals surface area (Å²) in [6.45, 7) is 1.79. The summed E-state index contributed by atoms with van der Waals surface area (Å²) in [6, 6.07) is 8.70. The fourth-order valence-electron chi connectivity index (χ4n) is 4.16. The number of likely N-dealkylation sites (tertiary alicyclic amines) is 1. The van der Waals surface area contributed by atoms with Crippen molar-refractivity contribution in [3.63, 3.8) is 0 Å². The smallest absolute Gasteiger partial charge is 0.322 e. The van der Waals surface area contributed by atoms with Gasteiger partial charge in [-0.3, -0.25) is 9.69 Å². The van der Waals surface area contributed by atoms with E-state index in [1.165, 1.54) is 18.4 Å². The van der Waals surface area contributed by atoms with Crippen LogP contribution in [0.15, 0.2) is 40.6 Å². The van der Waals surface area contributed by atoms with Crippen LogP contribution in [0.25, 0.3) is 0 Å². The standard InChI is InChI=1S/C22H28N4O4S2/c1-24(2)32(29,30)19-5-6-20-16(14-19)7-12-26(20)22(28)23-17-8-10-25(11-9-17)21(27)15-18-4-3-13-31-18/h3-6,13-14,17H,7-12,15H2,1-2H3,(H,23,28). The summed E-state index contributed by atoms with van der Waals surface area (Å²) in [5.74, 6) is 0.133. The lowest BCUT2D eigenvalue weighted by Gasteiger charge is -2.33. The number of fused-ring (bicyclic) bond motifs is 1. The van der Waals surface area contributed by atoms with E-state index in [2.05, 4.69) is 5.32 Å². The lowest BCUT2D eigenvalue weighted by molar-refractivity contribution is -0.131. The first-order valence-electron chi connectivity index (χ1n) is 10.7. The zero-order valence-corrected chi connectivity index (χ0v) is 19.9. The lowest BCUT2D eigenvalue weighted by atomic mass is 10.0. The van der Waals surface area contributed by atoms with E-state index in [0.29, 0.717) is 32.5 Å². The maximum absolute atomic E-state index is 12.9. The Hall–Kier alpha value is -2.43. The average molecular weight is 477 g/mol. The number of hydrogen-bond donors (Lipinski definition) is 1. The number of urea groups is 1. The van der Waals surface area contributed by atoms with Crippen molar-refractivity contribution in [1.29, 1.82) is 0 Å². The number of piperidine rings is 1. The third kappa shape index (κ3) is 4.67. The van der Waals surface area contributed by atoms with E-state index in [9.17, 15) is 18.0 Å². The van der Waals surface area contributed by atoms with Crippen molar-refractivity contribution >= 4 is 39.0 Å². The highest BCUT2D eigenvalue weighted by Gasteiger charge is 2.30. The van der Waals surface area contributed by atoms with Crippen LogP contribution in [0.3, 0.4) is 0 Å². The van der Waals surface area contributed by atoms with Gasteiger partial charge in [0.15, 0.2) is 0 Å². The molecule has 1 aromatic heterocycles. The Kier molecular flexibility index (Phi) is 6.55. The minimum absolute atomic E-state index is 0.0192. The van der Waals surface area contributed by atoms with Crippen molar-refractivity contribution < 1.29 is 18.0 Å². The normalized spacial score (nSPS) is 17.0. The Bertz CT molecular complexity index is 1090. The molecule has 2 aliphatic heterocycles. The summed E-state index contributed by atoms with van der Waals surface area (Å²) in [5.41, 5.74) is 1.61. The molecule has 3 heterocycles. The number of nitrogens with zero attached hydrogens (tertiary/aromatic N) is 3. The number of carbonyl (C=O) groups is 2. The fraction of sp³-hybridized carbons (Fsp3) is 0.455. The van der Waals surface area contributed by atoms with Gasteiger partial charge in [0.1, 0.15) is 0 Å². The molecule has 10 heteroatoms. The molecule has 1 aromatic carbocycles. The molecule has 2 aromatic rings. The number of nitrogens with one attached hydrogen (secondary N) is 1. The van der Waals surface area contributed by atoms with Crippen molar-refractivity contribution in [3.05, 3.63) is 46.2 Å². The zero-order chi connectivity index (χ0) is 22.9. The summed E-state index contributed by atoms with van der Waals surface area (Å²) in [4.78, 5) is 30.2. The van der Waals surface area contributed by atoms with Gasteiger partial charge >= 0.3 is 6.03 Å². The molecule has 1 fully saturated rings. The lowest BCUT2D eigenvalue weighted by Crippen LogP contribution is -2.50. The number of sulfonamides is 1. The Labute approximate surface area is 192 Å². The third-order valence-corrected chi connectivity index (χ3v) is 8.74. The summed E-state index contributed by atoms with van der Waals surface area (Å²) in [5, 5.41) is 5.07. The van der Waals surface area contributed by atoms with Gasteiger partial charge in [0.25, 0.3) is 0 Å². The van der Waals surface area contributed by atoms with Crippen LogP contribution in [0, 0.1) is 0 Å². The van der Waals surface area contributed by atoms with Crippen LogP contribution in [-0.2, 0) is 27.7 Å². The van der Waals surface area contributed by atoms with Crippen LogP contribution in [0.5, 0.6) is 0 Å². The molecule has 0 unspecified atom stereocenters. The Morgan fingerprint density at radius 2 is 1.91 bits per heavy atom. The predicted molar refractivity (Wildman–Crippen MR) is 125 cm³/mol. The molecule has 8 nitrogen and oxygen atoms in total. The molecule has 2 aliphatic rings. The molecular weight excluding hydrogens is 448 g/mol. The zero-order valence-electron chi connectivity index (χ0n) is 18.3. The van der Waals surface area contributed by atoms with E-state index in [1.54, 1.807) is 34.4 Å². The predicted octanol–water partition coefficient (Wildman–Crippen LogP) is 2.30. The molecule has 32 heavy (non-hydrogen) atoms. The van der Waals surface area contributed by atoms with Crippen molar-refractivity contribution in [1.82, 2.24) is 14.5 Å². The van der Waals surface area contributed by atoms with E-state index in [4.69, 9.17) is 0 Å².